The number of thiophene rings is 3. The molecule has 10 aromatic carbocycles. The maximum absolute atomic E-state index is 16.2. The Labute approximate surface area is 564 Å². The zero-order chi connectivity index (χ0) is 65.8. The number of fused-ring (bicyclic) bond motifs is 13. The fraction of sp³-hybridized carbons (Fsp3) is 0.0732. The summed E-state index contributed by atoms with van der Waals surface area (Å²) in [6, 6.07) is 67.7. The van der Waals surface area contributed by atoms with Crippen molar-refractivity contribution < 1.29 is 57.3 Å². The first kappa shape index (κ1) is 59.1. The summed E-state index contributed by atoms with van der Waals surface area (Å²) in [7, 11) is 0. The quantitative estimate of drug-likeness (QED) is 0.0252. The van der Waals surface area contributed by atoms with Crippen molar-refractivity contribution in [2.45, 2.75) is 37.3 Å². The molecule has 0 saturated carbocycles. The van der Waals surface area contributed by atoms with Gasteiger partial charge in [-0.25, -0.2) is 0 Å². The van der Waals surface area contributed by atoms with E-state index in [2.05, 4.69) is 0 Å². The van der Waals surface area contributed by atoms with E-state index in [1.165, 1.54) is 12.2 Å². The van der Waals surface area contributed by atoms with Crippen molar-refractivity contribution in [3.63, 3.8) is 0 Å². The number of allylic oxidation sites excluding steroid dienone is 3. The Morgan fingerprint density at radius 2 is 0.680 bits per heavy atom. The number of hydrogen-bond acceptors (Lipinski definition) is 15. The van der Waals surface area contributed by atoms with Crippen LogP contribution in [0.5, 0.6) is 0 Å². The molecule has 0 unspecified atom stereocenters. The van der Waals surface area contributed by atoms with Gasteiger partial charge in [-0.1, -0.05) is 170 Å². The van der Waals surface area contributed by atoms with Crippen LogP contribution in [0.4, 0.5) is 0 Å². The van der Waals surface area contributed by atoms with Crippen LogP contribution in [-0.4, -0.2) is 47.0 Å². The van der Waals surface area contributed by atoms with Gasteiger partial charge in [-0.3, -0.25) is 38.4 Å². The van der Waals surface area contributed by atoms with Gasteiger partial charge in [-0.15, -0.1) is 34.0 Å². The number of benzene rings is 10. The number of hydrogen-bond donors (Lipinski definition) is 0. The second-order valence-corrected chi connectivity index (χ2v) is 27.5. The second kappa shape index (κ2) is 23.1. The van der Waals surface area contributed by atoms with E-state index in [-0.39, 0.29) is 86.8 Å². The van der Waals surface area contributed by atoms with E-state index in [9.17, 15) is 9.59 Å². The lowest BCUT2D eigenvalue weighted by molar-refractivity contribution is -0.166. The molecule has 4 aliphatic carbocycles. The van der Waals surface area contributed by atoms with Gasteiger partial charge in [0.1, 0.15) is 26.4 Å². The molecule has 13 aromatic rings. The van der Waals surface area contributed by atoms with Crippen molar-refractivity contribution in [1.29, 1.82) is 0 Å². The average molecular weight is 1320 g/mol. The Kier molecular flexibility index (Phi) is 14.1. The maximum Gasteiger partial charge on any atom is 0.333 e. The lowest BCUT2D eigenvalue weighted by atomic mass is 9.76. The summed E-state index contributed by atoms with van der Waals surface area (Å²) in [5.74, 6) is -6.42. The topological polar surface area (TPSA) is 173 Å². The predicted octanol–water partition coefficient (Wildman–Crippen LogP) is 17.0. The van der Waals surface area contributed by atoms with Gasteiger partial charge < -0.3 is 18.9 Å². The number of rotatable bonds is 14. The van der Waals surface area contributed by atoms with Crippen LogP contribution in [0.15, 0.2) is 247 Å². The van der Waals surface area contributed by atoms with E-state index in [0.29, 0.717) is 46.5 Å². The van der Waals surface area contributed by atoms with Gasteiger partial charge in [-0.05, 0) is 144 Å². The number of esters is 4. The third kappa shape index (κ3) is 9.43. The molecule has 0 spiro atoms. The minimum atomic E-state index is -2.59. The highest BCUT2D eigenvalue weighted by Gasteiger charge is 2.64. The van der Waals surface area contributed by atoms with Crippen LogP contribution in [0, 0.1) is 0 Å². The lowest BCUT2D eigenvalue weighted by Crippen LogP contribution is -2.46. The van der Waals surface area contributed by atoms with Gasteiger partial charge in [0, 0.05) is 48.7 Å². The Bertz CT molecular complexity index is 5490. The molecule has 3 heterocycles. The Balaban J connectivity index is 0.872. The molecule has 3 aromatic heterocycles. The van der Waals surface area contributed by atoms with Crippen molar-refractivity contribution in [2.24, 2.45) is 0 Å². The Morgan fingerprint density at radius 3 is 1.06 bits per heavy atom. The number of carbonyl (C=O) groups is 8. The molecule has 15 heteroatoms. The van der Waals surface area contributed by atoms with Crippen molar-refractivity contribution in [1.82, 2.24) is 0 Å². The zero-order valence-corrected chi connectivity index (χ0v) is 53.5. The molecule has 0 N–H and O–H groups in total. The minimum absolute atomic E-state index is 0.0764. The Morgan fingerprint density at radius 1 is 0.340 bits per heavy atom. The van der Waals surface area contributed by atoms with Crippen molar-refractivity contribution in [3.05, 3.63) is 318 Å². The lowest BCUT2D eigenvalue weighted by Gasteiger charge is -2.28. The molecule has 0 fully saturated rings. The van der Waals surface area contributed by atoms with Crippen molar-refractivity contribution >= 4 is 146 Å². The van der Waals surface area contributed by atoms with E-state index in [0.717, 1.165) is 77.1 Å². The fourth-order valence-corrected chi connectivity index (χ4v) is 18.3. The normalized spacial score (nSPS) is 14.6. The van der Waals surface area contributed by atoms with Crippen LogP contribution in [-0.2, 0) is 75.4 Å². The van der Waals surface area contributed by atoms with Gasteiger partial charge in [0.2, 0.25) is 10.8 Å². The van der Waals surface area contributed by atoms with E-state index >= 15 is 28.8 Å². The van der Waals surface area contributed by atoms with Crippen LogP contribution < -0.4 is 0 Å². The zero-order valence-electron chi connectivity index (χ0n) is 51.0. The van der Waals surface area contributed by atoms with Crippen LogP contribution in [0.3, 0.4) is 0 Å². The standard InChI is InChI=1S/C82H48O12S3/c83-69-59-33-53-29-49-25-13-14-26-50(49)30-54(53)34-60(59)70(84)63(69)37-57-38-66-67(81(57,77(87)91-41-45-17-5-1-6-18-45)78(88)92-42-46-19-7-2-8-20-46)74-76(96-66)68-75(97-74)73-65(82(68,79(89)93-43-47-21-9-3-10-22-47)80(90)94-44-48-23-11-4-12-24-48)40-58(95-73)39-64-71(85)61-35-55-31-51-27-15-16-28-52(51)32-56(55)36-62(61)72(64)86/h1-40H,41-44H2. The molecule has 466 valence electrons. The van der Waals surface area contributed by atoms with Crippen LogP contribution in [0.25, 0.3) is 74.4 Å². The Hall–Kier alpha value is -11.6. The summed E-state index contributed by atoms with van der Waals surface area (Å²) in [5, 5.41) is 6.84. The average Bonchev–Trinajstić information content (AvgIpc) is 1.50. The SMILES string of the molecule is O=C1C(=CC2=Cc3sc4c5c(sc4c3C2(C(=O)OCc2ccccc2)C(=O)OCc2ccccc2)-c2sc(C=C3C(=O)c4cc6cc7ccccc7cc6cc4C3=O)cc2C5(C(=O)OCc2ccccc2)C(=O)OCc2ccccc2)C(=O)c2cc3cc4ccccc4cc3cc21. The minimum Gasteiger partial charge on any atom is -0.459 e. The number of carbonyl (C=O) groups excluding carboxylic acids is 8. The highest BCUT2D eigenvalue weighted by atomic mass is 32.1. The van der Waals surface area contributed by atoms with Gasteiger partial charge in [-0.2, -0.15) is 0 Å². The molecule has 4 aliphatic rings. The molecule has 0 bridgehead atoms. The third-order valence-electron chi connectivity index (χ3n) is 18.7. The molecule has 17 rings (SSSR count). The predicted molar refractivity (Wildman–Crippen MR) is 375 cm³/mol. The molecule has 0 radical (unpaired) electrons. The van der Waals surface area contributed by atoms with Gasteiger partial charge in [0.15, 0.2) is 23.1 Å². The summed E-state index contributed by atoms with van der Waals surface area (Å²) < 4.78 is 26.0. The molecule has 0 amide bonds. The first-order valence-corrected chi connectivity index (χ1v) is 33.7. The highest BCUT2D eigenvalue weighted by molar-refractivity contribution is 7.32. The van der Waals surface area contributed by atoms with Crippen LogP contribution >= 0.6 is 34.0 Å². The van der Waals surface area contributed by atoms with Gasteiger partial charge in [0.05, 0.1) is 30.3 Å². The first-order chi connectivity index (χ1) is 47.3. The van der Waals surface area contributed by atoms with Crippen LogP contribution in [0.1, 0.15) is 90.1 Å². The van der Waals surface area contributed by atoms with Crippen LogP contribution in [0.2, 0.25) is 0 Å². The largest absolute Gasteiger partial charge is 0.459 e. The number of ether oxygens (including phenoxy) is 4. The summed E-state index contributed by atoms with van der Waals surface area (Å²) in [6.45, 7) is -1.15. The molecular formula is C82H48O12S3. The molecule has 97 heavy (non-hydrogen) atoms. The highest BCUT2D eigenvalue weighted by Crippen LogP contribution is 2.64. The third-order valence-corrected chi connectivity index (χ3v) is 22.4. The first-order valence-electron chi connectivity index (χ1n) is 31.2. The fourth-order valence-electron chi connectivity index (χ4n) is 14.0. The molecule has 12 nitrogen and oxygen atoms in total. The summed E-state index contributed by atoms with van der Waals surface area (Å²) in [5.41, 5.74) is -1.93. The van der Waals surface area contributed by atoms with E-state index in [1.807, 2.05) is 97.1 Å². The summed E-state index contributed by atoms with van der Waals surface area (Å²) in [6.07, 6.45) is 4.37. The monoisotopic (exact) mass is 1320 g/mol. The molecule has 0 aliphatic heterocycles. The summed E-state index contributed by atoms with van der Waals surface area (Å²) >= 11 is 3.33. The van der Waals surface area contributed by atoms with E-state index < -0.39 is 57.8 Å². The molecule has 0 saturated heterocycles. The van der Waals surface area contributed by atoms with Crippen molar-refractivity contribution in [2.75, 3.05) is 0 Å². The smallest absolute Gasteiger partial charge is 0.333 e. The molecule has 0 atom stereocenters. The van der Waals surface area contributed by atoms with Gasteiger partial charge >= 0.3 is 23.9 Å². The maximum atomic E-state index is 16.2. The van der Waals surface area contributed by atoms with E-state index in [4.69, 9.17) is 18.9 Å². The second-order valence-electron chi connectivity index (χ2n) is 24.4. The number of Topliss-reactive ketones (excluding diaryl/α,β-unsaturated/α-hetero) is 4. The van der Waals surface area contributed by atoms with Gasteiger partial charge in [0.25, 0.3) is 0 Å². The number of ketones is 4. The summed E-state index contributed by atoms with van der Waals surface area (Å²) in [4.78, 5) is 125. The van der Waals surface area contributed by atoms with Crippen molar-refractivity contribution in [3.8, 4) is 9.75 Å². The molecular weight excluding hydrogens is 1270 g/mol. The van der Waals surface area contributed by atoms with E-state index in [1.54, 1.807) is 133 Å².